The van der Waals surface area contributed by atoms with Crippen molar-refractivity contribution in [3.63, 3.8) is 0 Å². The minimum Gasteiger partial charge on any atom is -0.478 e. The Hall–Kier alpha value is -2.97. The van der Waals surface area contributed by atoms with E-state index in [1.54, 1.807) is 7.05 Å². The van der Waals surface area contributed by atoms with Crippen molar-refractivity contribution in [2.75, 3.05) is 13.1 Å². The van der Waals surface area contributed by atoms with Gasteiger partial charge < -0.3 is 15.0 Å². The van der Waals surface area contributed by atoms with Gasteiger partial charge in [-0.2, -0.15) is 5.10 Å². The van der Waals surface area contributed by atoms with Crippen LogP contribution in [0.3, 0.4) is 0 Å². The fraction of sp³-hybridized carbons (Fsp3) is 0.357. The number of carbonyl (C=O) groups excluding carboxylic acids is 1. The molecule has 0 unspecified atom stereocenters. The number of nitrogens with one attached hydrogen (secondary N) is 1. The van der Waals surface area contributed by atoms with E-state index in [-0.39, 0.29) is 36.4 Å². The maximum atomic E-state index is 12.1. The van der Waals surface area contributed by atoms with Crippen molar-refractivity contribution in [2.24, 2.45) is 7.05 Å². The first-order valence-electron chi connectivity index (χ1n) is 7.06. The molecular formula is C14H15N5O4. The number of hydrogen-bond acceptors (Lipinski definition) is 5. The zero-order chi connectivity index (χ0) is 16.6. The summed E-state index contributed by atoms with van der Waals surface area (Å²) < 4.78 is 1.50. The second-order valence-electron chi connectivity index (χ2n) is 5.33. The number of aromatic amines is 1. The van der Waals surface area contributed by atoms with E-state index in [1.165, 1.54) is 21.9 Å². The summed E-state index contributed by atoms with van der Waals surface area (Å²) in [4.78, 5) is 43.3. The Morgan fingerprint density at radius 3 is 2.91 bits per heavy atom. The molecule has 3 rings (SSSR count). The van der Waals surface area contributed by atoms with Crippen LogP contribution in [-0.2, 0) is 23.1 Å². The fourth-order valence-electron chi connectivity index (χ4n) is 2.48. The number of aryl methyl sites for hydroxylation is 2. The van der Waals surface area contributed by atoms with Gasteiger partial charge in [-0.3, -0.25) is 14.3 Å². The number of carbonyl (C=O) groups is 2. The van der Waals surface area contributed by atoms with Gasteiger partial charge in [0.2, 0.25) is 5.91 Å². The lowest BCUT2D eigenvalue weighted by molar-refractivity contribution is -0.133. The first-order valence-corrected chi connectivity index (χ1v) is 7.06. The van der Waals surface area contributed by atoms with Gasteiger partial charge in [-0.1, -0.05) is 6.08 Å². The first-order chi connectivity index (χ1) is 11.0. The number of aromatic nitrogens is 4. The summed E-state index contributed by atoms with van der Waals surface area (Å²) in [5, 5.41) is 13.3. The van der Waals surface area contributed by atoms with Crippen molar-refractivity contribution in [1.82, 2.24) is 24.6 Å². The van der Waals surface area contributed by atoms with E-state index in [0.29, 0.717) is 23.4 Å². The van der Waals surface area contributed by atoms with Crippen LogP contribution in [0.2, 0.25) is 0 Å². The van der Waals surface area contributed by atoms with Gasteiger partial charge in [0.1, 0.15) is 11.2 Å². The molecule has 0 aliphatic carbocycles. The van der Waals surface area contributed by atoms with Crippen LogP contribution in [0, 0.1) is 0 Å². The highest BCUT2D eigenvalue weighted by atomic mass is 16.4. The van der Waals surface area contributed by atoms with Crippen LogP contribution in [-0.4, -0.2) is 54.7 Å². The molecule has 2 N–H and O–H groups in total. The van der Waals surface area contributed by atoms with Crippen LogP contribution >= 0.6 is 0 Å². The number of nitrogens with zero attached hydrogens (tertiary/aromatic N) is 4. The summed E-state index contributed by atoms with van der Waals surface area (Å²) in [5.41, 5.74) is 0.398. The molecule has 0 atom stereocenters. The zero-order valence-electron chi connectivity index (χ0n) is 12.4. The molecule has 2 aromatic rings. The van der Waals surface area contributed by atoms with Crippen LogP contribution < -0.4 is 5.56 Å². The Kier molecular flexibility index (Phi) is 3.68. The monoisotopic (exact) mass is 317 g/mol. The van der Waals surface area contributed by atoms with Crippen LogP contribution in [0.15, 0.2) is 22.6 Å². The third-order valence-corrected chi connectivity index (χ3v) is 3.77. The smallest absolute Gasteiger partial charge is 0.333 e. The third kappa shape index (κ3) is 2.85. The number of carboxylic acid groups (broad SMARTS) is 1. The average molecular weight is 317 g/mol. The predicted molar refractivity (Wildman–Crippen MR) is 79.7 cm³/mol. The molecule has 1 amide bonds. The summed E-state index contributed by atoms with van der Waals surface area (Å²) in [6, 6.07) is 0. The van der Waals surface area contributed by atoms with E-state index >= 15 is 0 Å². The molecule has 0 spiro atoms. The van der Waals surface area contributed by atoms with Gasteiger partial charge in [0.25, 0.3) is 5.56 Å². The molecular weight excluding hydrogens is 302 g/mol. The third-order valence-electron chi connectivity index (χ3n) is 3.77. The van der Waals surface area contributed by atoms with Gasteiger partial charge in [0.15, 0.2) is 5.65 Å². The largest absolute Gasteiger partial charge is 0.478 e. The predicted octanol–water partition coefficient (Wildman–Crippen LogP) is -0.558. The van der Waals surface area contributed by atoms with Gasteiger partial charge in [-0.25, -0.2) is 9.78 Å². The number of rotatable bonds is 4. The lowest BCUT2D eigenvalue weighted by Gasteiger charge is -2.15. The lowest BCUT2D eigenvalue weighted by Crippen LogP contribution is -2.30. The number of H-pyrrole nitrogens is 1. The summed E-state index contributed by atoms with van der Waals surface area (Å²) in [7, 11) is 1.69. The van der Waals surface area contributed by atoms with Gasteiger partial charge in [-0.15, -0.1) is 0 Å². The number of aliphatic carboxylic acids is 1. The van der Waals surface area contributed by atoms with E-state index in [0.717, 1.165) is 0 Å². The highest BCUT2D eigenvalue weighted by molar-refractivity contribution is 5.89. The minimum atomic E-state index is -1.01. The number of carboxylic acids is 1. The van der Waals surface area contributed by atoms with Crippen molar-refractivity contribution >= 4 is 22.9 Å². The van der Waals surface area contributed by atoms with Gasteiger partial charge in [-0.05, 0) is 0 Å². The van der Waals surface area contributed by atoms with Crippen molar-refractivity contribution in [2.45, 2.75) is 12.8 Å². The quantitative estimate of drug-likeness (QED) is 0.780. The van der Waals surface area contributed by atoms with Crippen LogP contribution in [0.5, 0.6) is 0 Å². The van der Waals surface area contributed by atoms with E-state index in [2.05, 4.69) is 15.1 Å². The average Bonchev–Trinajstić information content (AvgIpc) is 3.13. The first kappa shape index (κ1) is 14.9. The molecule has 0 fully saturated rings. The number of hydrogen-bond donors (Lipinski definition) is 2. The topological polar surface area (TPSA) is 121 Å². The van der Waals surface area contributed by atoms with Gasteiger partial charge in [0.05, 0.1) is 18.3 Å². The highest BCUT2D eigenvalue weighted by Crippen LogP contribution is 2.12. The second kappa shape index (κ2) is 5.67. The van der Waals surface area contributed by atoms with Crippen molar-refractivity contribution in [3.8, 4) is 0 Å². The van der Waals surface area contributed by atoms with Crippen LogP contribution in [0.1, 0.15) is 12.2 Å². The molecule has 1 aliphatic heterocycles. The molecule has 9 nitrogen and oxygen atoms in total. The zero-order valence-corrected chi connectivity index (χ0v) is 12.4. The van der Waals surface area contributed by atoms with E-state index in [1.807, 2.05) is 0 Å². The summed E-state index contributed by atoms with van der Waals surface area (Å²) in [6.45, 7) is 0.407. The number of fused-ring (bicyclic) bond motifs is 1. The fourth-order valence-corrected chi connectivity index (χ4v) is 2.48. The Bertz CT molecular complexity index is 879. The molecule has 120 valence electrons. The maximum Gasteiger partial charge on any atom is 0.333 e. The van der Waals surface area contributed by atoms with E-state index < -0.39 is 5.97 Å². The Morgan fingerprint density at radius 2 is 2.22 bits per heavy atom. The second-order valence-corrected chi connectivity index (χ2v) is 5.33. The molecule has 1 aliphatic rings. The molecule has 2 aromatic heterocycles. The molecule has 0 saturated carbocycles. The van der Waals surface area contributed by atoms with Gasteiger partial charge in [0, 0.05) is 26.4 Å². The Balaban J connectivity index is 1.67. The van der Waals surface area contributed by atoms with Crippen molar-refractivity contribution in [3.05, 3.63) is 34.0 Å². The van der Waals surface area contributed by atoms with E-state index in [9.17, 15) is 14.4 Å². The SMILES string of the molecule is Cn1ncc2c(=O)[nH]c(CCC(=O)N3CC=C(C(=O)O)C3)nc21. The molecule has 23 heavy (non-hydrogen) atoms. The molecule has 0 saturated heterocycles. The van der Waals surface area contributed by atoms with Crippen molar-refractivity contribution < 1.29 is 14.7 Å². The summed E-state index contributed by atoms with van der Waals surface area (Å²) in [5.74, 6) is -0.775. The number of amides is 1. The lowest BCUT2D eigenvalue weighted by atomic mass is 10.2. The molecule has 3 heterocycles. The highest BCUT2D eigenvalue weighted by Gasteiger charge is 2.23. The van der Waals surface area contributed by atoms with Gasteiger partial charge >= 0.3 is 5.97 Å². The van der Waals surface area contributed by atoms with Crippen molar-refractivity contribution in [1.29, 1.82) is 0 Å². The maximum absolute atomic E-state index is 12.1. The normalized spacial score (nSPS) is 14.3. The summed E-state index contributed by atoms with van der Waals surface area (Å²) >= 11 is 0. The molecule has 0 radical (unpaired) electrons. The minimum absolute atomic E-state index is 0.110. The van der Waals surface area contributed by atoms with E-state index in [4.69, 9.17) is 5.11 Å². The van der Waals surface area contributed by atoms with Crippen LogP contribution in [0.25, 0.3) is 11.0 Å². The Morgan fingerprint density at radius 1 is 1.43 bits per heavy atom. The molecule has 0 bridgehead atoms. The van der Waals surface area contributed by atoms with Crippen LogP contribution in [0.4, 0.5) is 0 Å². The Labute approximate surface area is 130 Å². The molecule has 9 heteroatoms. The summed E-state index contributed by atoms with van der Waals surface area (Å²) in [6.07, 6.45) is 3.39. The molecule has 0 aromatic carbocycles. The standard InChI is InChI=1S/C14H15N5O4/c1-18-12-9(6-15-18)13(21)17-10(16-12)2-3-11(20)19-5-4-8(7-19)14(22)23/h4,6H,2-3,5,7H2,1H3,(H,22,23)(H,16,17,21).